The molecule has 0 saturated carbocycles. The van der Waals surface area contributed by atoms with Crippen LogP contribution in [0.2, 0.25) is 0 Å². The molecule has 2 N–H and O–H groups in total. The average Bonchev–Trinajstić information content (AvgIpc) is 2.34. The molecule has 108 valence electrons. The molecule has 1 heterocycles. The van der Waals surface area contributed by atoms with E-state index in [1.807, 2.05) is 0 Å². The van der Waals surface area contributed by atoms with Crippen LogP contribution in [0.15, 0.2) is 18.2 Å². The van der Waals surface area contributed by atoms with Gasteiger partial charge in [0, 0.05) is 12.5 Å². The molecule has 5 heteroatoms. The molecular formula is C15H18O5. The van der Waals surface area contributed by atoms with Gasteiger partial charge in [-0.1, -0.05) is 6.92 Å². The van der Waals surface area contributed by atoms with Crippen molar-refractivity contribution in [1.29, 1.82) is 0 Å². The van der Waals surface area contributed by atoms with Crippen molar-refractivity contribution in [2.45, 2.75) is 38.7 Å². The van der Waals surface area contributed by atoms with Gasteiger partial charge in [0.15, 0.2) is 5.78 Å². The number of carbonyl (C=O) groups is 2. The molecule has 20 heavy (non-hydrogen) atoms. The second kappa shape index (κ2) is 5.15. The van der Waals surface area contributed by atoms with E-state index < -0.39 is 17.5 Å². The standard InChI is InChI=1S/C15H18O5/c1-3-9(14(18)19)7-15(2)8-12(17)11-5-4-10(16)6-13(11)20-15/h4-6,9,16H,3,7-8H2,1-2H3,(H,18,19). The molecule has 1 aliphatic rings. The molecule has 5 nitrogen and oxygen atoms in total. The molecule has 0 saturated heterocycles. The minimum absolute atomic E-state index is 0.0195. The van der Waals surface area contributed by atoms with Gasteiger partial charge in [0.1, 0.15) is 17.1 Å². The van der Waals surface area contributed by atoms with Crippen LogP contribution in [-0.4, -0.2) is 27.6 Å². The molecule has 0 radical (unpaired) electrons. The van der Waals surface area contributed by atoms with Gasteiger partial charge < -0.3 is 14.9 Å². The van der Waals surface area contributed by atoms with Gasteiger partial charge in [-0.2, -0.15) is 0 Å². The van der Waals surface area contributed by atoms with Crippen LogP contribution in [0, 0.1) is 5.92 Å². The SMILES string of the molecule is CCC(CC1(C)CC(=O)c2ccc(O)cc2O1)C(=O)O. The summed E-state index contributed by atoms with van der Waals surface area (Å²) in [6, 6.07) is 4.36. The fourth-order valence-corrected chi connectivity index (χ4v) is 2.60. The lowest BCUT2D eigenvalue weighted by Gasteiger charge is -2.36. The number of fused-ring (bicyclic) bond motifs is 1. The average molecular weight is 278 g/mol. The van der Waals surface area contributed by atoms with Crippen LogP contribution in [0.4, 0.5) is 0 Å². The van der Waals surface area contributed by atoms with E-state index in [1.54, 1.807) is 13.8 Å². The highest BCUT2D eigenvalue weighted by atomic mass is 16.5. The Kier molecular flexibility index (Phi) is 3.70. The summed E-state index contributed by atoms with van der Waals surface area (Å²) in [5.74, 6) is -1.18. The molecular weight excluding hydrogens is 260 g/mol. The minimum Gasteiger partial charge on any atom is -0.508 e. The second-order valence-electron chi connectivity index (χ2n) is 5.48. The summed E-state index contributed by atoms with van der Waals surface area (Å²) >= 11 is 0. The predicted molar refractivity (Wildman–Crippen MR) is 72.1 cm³/mol. The highest BCUT2D eigenvalue weighted by Crippen LogP contribution is 2.38. The van der Waals surface area contributed by atoms with Gasteiger partial charge in [0.25, 0.3) is 0 Å². The Hall–Kier alpha value is -2.04. The Morgan fingerprint density at radius 1 is 1.50 bits per heavy atom. The van der Waals surface area contributed by atoms with Crippen molar-refractivity contribution in [2.24, 2.45) is 5.92 Å². The maximum absolute atomic E-state index is 12.1. The molecule has 0 spiro atoms. The van der Waals surface area contributed by atoms with Gasteiger partial charge in [-0.15, -0.1) is 0 Å². The number of aliphatic carboxylic acids is 1. The maximum Gasteiger partial charge on any atom is 0.306 e. The number of Topliss-reactive ketones (excluding diaryl/α,β-unsaturated/α-hetero) is 1. The molecule has 2 unspecified atom stereocenters. The zero-order valence-electron chi connectivity index (χ0n) is 11.5. The lowest BCUT2D eigenvalue weighted by atomic mass is 9.83. The van der Waals surface area contributed by atoms with E-state index in [0.29, 0.717) is 17.7 Å². The topological polar surface area (TPSA) is 83.8 Å². The highest BCUT2D eigenvalue weighted by Gasteiger charge is 2.39. The summed E-state index contributed by atoms with van der Waals surface area (Å²) < 4.78 is 5.81. The molecule has 1 aromatic carbocycles. The van der Waals surface area contributed by atoms with E-state index in [1.165, 1.54) is 18.2 Å². The number of ketones is 1. The first-order valence-corrected chi connectivity index (χ1v) is 6.62. The first kappa shape index (κ1) is 14.4. The van der Waals surface area contributed by atoms with Crippen molar-refractivity contribution < 1.29 is 24.5 Å². The summed E-state index contributed by atoms with van der Waals surface area (Å²) in [5, 5.41) is 18.6. The van der Waals surface area contributed by atoms with E-state index in [0.717, 1.165) is 0 Å². The van der Waals surface area contributed by atoms with Crippen molar-refractivity contribution in [2.75, 3.05) is 0 Å². The summed E-state index contributed by atoms with van der Waals surface area (Å²) in [4.78, 5) is 23.3. The van der Waals surface area contributed by atoms with Crippen LogP contribution < -0.4 is 4.74 Å². The summed E-state index contributed by atoms with van der Waals surface area (Å²) in [5.41, 5.74) is -0.416. The van der Waals surface area contributed by atoms with Gasteiger partial charge in [0.2, 0.25) is 0 Å². The molecule has 0 aromatic heterocycles. The number of carboxylic acid groups (broad SMARTS) is 1. The number of carbonyl (C=O) groups excluding carboxylic acids is 1. The number of benzene rings is 1. The summed E-state index contributed by atoms with van der Waals surface area (Å²) in [6.07, 6.45) is 0.892. The van der Waals surface area contributed by atoms with Crippen molar-refractivity contribution in [3.05, 3.63) is 23.8 Å². The van der Waals surface area contributed by atoms with Crippen LogP contribution >= 0.6 is 0 Å². The Balaban J connectivity index is 2.27. The first-order chi connectivity index (χ1) is 9.34. The summed E-state index contributed by atoms with van der Waals surface area (Å²) in [6.45, 7) is 3.54. The van der Waals surface area contributed by atoms with E-state index >= 15 is 0 Å². The van der Waals surface area contributed by atoms with E-state index in [4.69, 9.17) is 9.84 Å². The third-order valence-corrected chi connectivity index (χ3v) is 3.68. The Labute approximate surface area is 117 Å². The van der Waals surface area contributed by atoms with Crippen LogP contribution in [0.5, 0.6) is 11.5 Å². The quantitative estimate of drug-likeness (QED) is 0.884. The van der Waals surface area contributed by atoms with Crippen LogP contribution in [-0.2, 0) is 4.79 Å². The third-order valence-electron chi connectivity index (χ3n) is 3.68. The van der Waals surface area contributed by atoms with Crippen LogP contribution in [0.25, 0.3) is 0 Å². The Bertz CT molecular complexity index is 551. The number of hydrogen-bond acceptors (Lipinski definition) is 4. The van der Waals surface area contributed by atoms with Gasteiger partial charge in [-0.05, 0) is 25.5 Å². The Morgan fingerprint density at radius 3 is 2.80 bits per heavy atom. The molecule has 0 bridgehead atoms. The largest absolute Gasteiger partial charge is 0.508 e. The number of ether oxygens (including phenoxy) is 1. The van der Waals surface area contributed by atoms with Crippen molar-refractivity contribution in [3.8, 4) is 11.5 Å². The highest BCUT2D eigenvalue weighted by molar-refractivity contribution is 6.00. The van der Waals surface area contributed by atoms with Crippen molar-refractivity contribution >= 4 is 11.8 Å². The minimum atomic E-state index is -0.883. The molecule has 1 aliphatic heterocycles. The summed E-state index contributed by atoms with van der Waals surface area (Å²) in [7, 11) is 0. The number of phenols is 1. The fourth-order valence-electron chi connectivity index (χ4n) is 2.60. The third kappa shape index (κ3) is 2.76. The first-order valence-electron chi connectivity index (χ1n) is 6.62. The maximum atomic E-state index is 12.1. The van der Waals surface area contributed by atoms with Crippen LogP contribution in [0.3, 0.4) is 0 Å². The van der Waals surface area contributed by atoms with Gasteiger partial charge >= 0.3 is 5.97 Å². The molecule has 0 amide bonds. The molecule has 1 aromatic rings. The van der Waals surface area contributed by atoms with Crippen molar-refractivity contribution in [3.63, 3.8) is 0 Å². The van der Waals surface area contributed by atoms with E-state index in [-0.39, 0.29) is 24.4 Å². The molecule has 0 aliphatic carbocycles. The number of rotatable bonds is 4. The number of carboxylic acids is 1. The zero-order valence-corrected chi connectivity index (χ0v) is 11.5. The fraction of sp³-hybridized carbons (Fsp3) is 0.467. The number of aromatic hydroxyl groups is 1. The van der Waals surface area contributed by atoms with E-state index in [2.05, 4.69) is 0 Å². The number of phenolic OH excluding ortho intramolecular Hbond substituents is 1. The Morgan fingerprint density at radius 2 is 2.20 bits per heavy atom. The monoisotopic (exact) mass is 278 g/mol. The molecule has 0 fully saturated rings. The zero-order chi connectivity index (χ0) is 14.9. The second-order valence-corrected chi connectivity index (χ2v) is 5.48. The lowest BCUT2D eigenvalue weighted by molar-refractivity contribution is -0.143. The van der Waals surface area contributed by atoms with E-state index in [9.17, 15) is 14.7 Å². The number of hydrogen-bond donors (Lipinski definition) is 2. The predicted octanol–water partition coefficient (Wildman–Crippen LogP) is 2.62. The van der Waals surface area contributed by atoms with Gasteiger partial charge in [-0.25, -0.2) is 0 Å². The van der Waals surface area contributed by atoms with Crippen molar-refractivity contribution in [1.82, 2.24) is 0 Å². The molecule has 2 atom stereocenters. The normalized spacial score (nSPS) is 22.8. The smallest absolute Gasteiger partial charge is 0.306 e. The molecule has 2 rings (SSSR count). The van der Waals surface area contributed by atoms with Crippen LogP contribution in [0.1, 0.15) is 43.5 Å². The van der Waals surface area contributed by atoms with Gasteiger partial charge in [-0.3, -0.25) is 9.59 Å². The lowest BCUT2D eigenvalue weighted by Crippen LogP contribution is -2.42. The van der Waals surface area contributed by atoms with Gasteiger partial charge in [0.05, 0.1) is 17.9 Å².